The molecular formula is C20H32ClN5O3. The van der Waals surface area contributed by atoms with Crippen molar-refractivity contribution in [2.45, 2.75) is 13.5 Å². The molecule has 8 nitrogen and oxygen atoms in total. The number of carbonyl (C=O) groups excluding carboxylic acids is 1. The van der Waals surface area contributed by atoms with Gasteiger partial charge in [0.2, 0.25) is 5.91 Å². The Bertz CT molecular complexity index is 678. The molecule has 0 aliphatic carbocycles. The SMILES string of the molecule is CCNC(=NCc1ccc(Cl)cc1OC)N1CCN(CC(=O)NCCOC)CC1. The Morgan fingerprint density at radius 3 is 2.62 bits per heavy atom. The van der Waals surface area contributed by atoms with E-state index in [0.29, 0.717) is 31.3 Å². The third-order valence-corrected chi connectivity index (χ3v) is 4.89. The first-order chi connectivity index (χ1) is 14.1. The third-order valence-electron chi connectivity index (χ3n) is 4.65. The van der Waals surface area contributed by atoms with Crippen molar-refractivity contribution in [3.63, 3.8) is 0 Å². The van der Waals surface area contributed by atoms with Gasteiger partial charge in [-0.05, 0) is 19.1 Å². The Balaban J connectivity index is 1.90. The number of methoxy groups -OCH3 is 2. The fourth-order valence-corrected chi connectivity index (χ4v) is 3.27. The van der Waals surface area contributed by atoms with Crippen LogP contribution in [0.5, 0.6) is 5.75 Å². The van der Waals surface area contributed by atoms with Crippen molar-refractivity contribution in [3.8, 4) is 5.75 Å². The van der Waals surface area contributed by atoms with Gasteiger partial charge in [0.15, 0.2) is 5.96 Å². The molecule has 0 saturated carbocycles. The van der Waals surface area contributed by atoms with Crippen LogP contribution in [-0.4, -0.2) is 88.3 Å². The van der Waals surface area contributed by atoms with Crippen LogP contribution in [0, 0.1) is 0 Å². The largest absolute Gasteiger partial charge is 0.496 e. The van der Waals surface area contributed by atoms with Crippen molar-refractivity contribution in [1.82, 2.24) is 20.4 Å². The molecule has 29 heavy (non-hydrogen) atoms. The first kappa shape index (κ1) is 23.3. The second-order valence-corrected chi connectivity index (χ2v) is 7.17. The molecule has 1 saturated heterocycles. The van der Waals surface area contributed by atoms with E-state index in [1.165, 1.54) is 0 Å². The Morgan fingerprint density at radius 1 is 1.21 bits per heavy atom. The first-order valence-electron chi connectivity index (χ1n) is 9.91. The molecule has 2 N–H and O–H groups in total. The maximum atomic E-state index is 12.0. The van der Waals surface area contributed by atoms with Crippen LogP contribution in [-0.2, 0) is 16.1 Å². The molecule has 1 heterocycles. The summed E-state index contributed by atoms with van der Waals surface area (Å²) in [6.45, 7) is 8.08. The van der Waals surface area contributed by atoms with Crippen molar-refractivity contribution in [2.75, 3.05) is 66.6 Å². The number of benzene rings is 1. The van der Waals surface area contributed by atoms with E-state index in [4.69, 9.17) is 26.1 Å². The van der Waals surface area contributed by atoms with E-state index in [0.717, 1.165) is 50.0 Å². The predicted octanol–water partition coefficient (Wildman–Crippen LogP) is 1.19. The number of piperazine rings is 1. The monoisotopic (exact) mass is 425 g/mol. The third kappa shape index (κ3) is 7.72. The van der Waals surface area contributed by atoms with E-state index in [1.807, 2.05) is 12.1 Å². The molecule has 0 radical (unpaired) electrons. The van der Waals surface area contributed by atoms with Crippen molar-refractivity contribution in [2.24, 2.45) is 4.99 Å². The quantitative estimate of drug-likeness (QED) is 0.351. The summed E-state index contributed by atoms with van der Waals surface area (Å²) < 4.78 is 10.4. The summed E-state index contributed by atoms with van der Waals surface area (Å²) in [7, 11) is 3.26. The van der Waals surface area contributed by atoms with Crippen LogP contribution in [0.15, 0.2) is 23.2 Å². The molecule has 2 rings (SSSR count). The molecule has 1 fully saturated rings. The second-order valence-electron chi connectivity index (χ2n) is 6.73. The number of nitrogens with one attached hydrogen (secondary N) is 2. The number of guanidine groups is 1. The topological polar surface area (TPSA) is 78.4 Å². The fourth-order valence-electron chi connectivity index (χ4n) is 3.10. The first-order valence-corrected chi connectivity index (χ1v) is 10.3. The van der Waals surface area contributed by atoms with E-state index >= 15 is 0 Å². The molecule has 1 aliphatic rings. The van der Waals surface area contributed by atoms with E-state index < -0.39 is 0 Å². The molecule has 0 spiro atoms. The molecular weight excluding hydrogens is 394 g/mol. The molecule has 1 aliphatic heterocycles. The smallest absolute Gasteiger partial charge is 0.234 e. The minimum absolute atomic E-state index is 0.0332. The summed E-state index contributed by atoms with van der Waals surface area (Å²) >= 11 is 6.04. The van der Waals surface area contributed by atoms with Crippen LogP contribution in [0.3, 0.4) is 0 Å². The maximum absolute atomic E-state index is 12.0. The molecule has 0 unspecified atom stereocenters. The fraction of sp³-hybridized carbons (Fsp3) is 0.600. The maximum Gasteiger partial charge on any atom is 0.234 e. The van der Waals surface area contributed by atoms with Gasteiger partial charge >= 0.3 is 0 Å². The van der Waals surface area contributed by atoms with Gasteiger partial charge in [-0.1, -0.05) is 17.7 Å². The number of nitrogens with zero attached hydrogens (tertiary/aromatic N) is 3. The molecule has 1 aromatic rings. The van der Waals surface area contributed by atoms with Crippen LogP contribution >= 0.6 is 11.6 Å². The average Bonchev–Trinajstić information content (AvgIpc) is 2.72. The molecule has 0 aromatic heterocycles. The Kier molecular flexibility index (Phi) is 10.0. The van der Waals surface area contributed by atoms with Crippen molar-refractivity contribution in [1.29, 1.82) is 0 Å². The van der Waals surface area contributed by atoms with E-state index in [2.05, 4.69) is 27.4 Å². The number of carbonyl (C=O) groups is 1. The minimum Gasteiger partial charge on any atom is -0.496 e. The highest BCUT2D eigenvalue weighted by atomic mass is 35.5. The van der Waals surface area contributed by atoms with Gasteiger partial charge in [-0.25, -0.2) is 4.99 Å². The number of halogens is 1. The predicted molar refractivity (Wildman–Crippen MR) is 116 cm³/mol. The summed E-state index contributed by atoms with van der Waals surface area (Å²) in [5, 5.41) is 6.86. The molecule has 0 bridgehead atoms. The summed E-state index contributed by atoms with van der Waals surface area (Å²) in [5.74, 6) is 1.64. The van der Waals surface area contributed by atoms with Crippen molar-refractivity contribution >= 4 is 23.5 Å². The molecule has 9 heteroatoms. The standard InChI is InChI=1S/C20H32ClN5O3/c1-4-22-20(24-14-16-5-6-17(21)13-18(16)29-3)26-10-8-25(9-11-26)15-19(27)23-7-12-28-2/h5-6,13H,4,7-12,14-15H2,1-3H3,(H,22,24)(H,23,27). The summed E-state index contributed by atoms with van der Waals surface area (Å²) in [5.41, 5.74) is 0.985. The second kappa shape index (κ2) is 12.5. The average molecular weight is 426 g/mol. The lowest BCUT2D eigenvalue weighted by Crippen LogP contribution is -2.54. The van der Waals surface area contributed by atoms with Crippen LogP contribution in [0.25, 0.3) is 0 Å². The van der Waals surface area contributed by atoms with Crippen molar-refractivity contribution in [3.05, 3.63) is 28.8 Å². The van der Waals surface area contributed by atoms with Gasteiger partial charge in [0.1, 0.15) is 5.75 Å². The molecule has 1 amide bonds. The number of ether oxygens (including phenoxy) is 2. The zero-order chi connectivity index (χ0) is 21.1. The van der Waals surface area contributed by atoms with Gasteiger partial charge in [-0.2, -0.15) is 0 Å². The molecule has 0 atom stereocenters. The zero-order valence-electron chi connectivity index (χ0n) is 17.5. The Labute approximate surface area is 178 Å². The Hall–Kier alpha value is -2.03. The van der Waals surface area contributed by atoms with Gasteiger partial charge in [-0.3, -0.25) is 9.69 Å². The number of aliphatic imine (C=N–C) groups is 1. The Morgan fingerprint density at radius 2 is 1.97 bits per heavy atom. The number of hydrogen-bond acceptors (Lipinski definition) is 5. The highest BCUT2D eigenvalue weighted by molar-refractivity contribution is 6.30. The van der Waals surface area contributed by atoms with E-state index in [9.17, 15) is 4.79 Å². The van der Waals surface area contributed by atoms with Crippen LogP contribution in [0.1, 0.15) is 12.5 Å². The van der Waals surface area contributed by atoms with Gasteiger partial charge in [0, 0.05) is 57.0 Å². The van der Waals surface area contributed by atoms with Crippen LogP contribution in [0.4, 0.5) is 0 Å². The number of hydrogen-bond donors (Lipinski definition) is 2. The number of amides is 1. The van der Waals surface area contributed by atoms with Crippen molar-refractivity contribution < 1.29 is 14.3 Å². The van der Waals surface area contributed by atoms with E-state index in [1.54, 1.807) is 20.3 Å². The van der Waals surface area contributed by atoms with Gasteiger partial charge in [0.05, 0.1) is 26.8 Å². The minimum atomic E-state index is 0.0332. The molecule has 1 aromatic carbocycles. The highest BCUT2D eigenvalue weighted by Gasteiger charge is 2.21. The van der Waals surface area contributed by atoms with Gasteiger partial charge in [0.25, 0.3) is 0 Å². The van der Waals surface area contributed by atoms with Crippen LogP contribution in [0.2, 0.25) is 5.02 Å². The lowest BCUT2D eigenvalue weighted by atomic mass is 10.2. The highest BCUT2D eigenvalue weighted by Crippen LogP contribution is 2.23. The number of rotatable bonds is 9. The summed E-state index contributed by atoms with van der Waals surface area (Å²) in [6, 6.07) is 5.59. The summed E-state index contributed by atoms with van der Waals surface area (Å²) in [4.78, 5) is 21.1. The lowest BCUT2D eigenvalue weighted by Gasteiger charge is -2.36. The molecule has 162 valence electrons. The van der Waals surface area contributed by atoms with Gasteiger partial charge in [-0.15, -0.1) is 0 Å². The van der Waals surface area contributed by atoms with Gasteiger partial charge < -0.3 is 25.0 Å². The normalized spacial score (nSPS) is 15.3. The lowest BCUT2D eigenvalue weighted by molar-refractivity contribution is -0.122. The zero-order valence-corrected chi connectivity index (χ0v) is 18.3. The van der Waals surface area contributed by atoms with E-state index in [-0.39, 0.29) is 5.91 Å². The summed E-state index contributed by atoms with van der Waals surface area (Å²) in [6.07, 6.45) is 0. The van der Waals surface area contributed by atoms with Crippen LogP contribution < -0.4 is 15.4 Å².